The van der Waals surface area contributed by atoms with E-state index in [1.54, 1.807) is 6.07 Å². The van der Waals surface area contributed by atoms with Crippen LogP contribution in [0.3, 0.4) is 0 Å². The first-order valence-electron chi connectivity index (χ1n) is 9.65. The number of benzene rings is 2. The number of ether oxygens (including phenoxy) is 2. The number of nitrogens with zero attached hydrogens (tertiary/aromatic N) is 1. The summed E-state index contributed by atoms with van der Waals surface area (Å²) < 4.78 is 11.1. The van der Waals surface area contributed by atoms with Gasteiger partial charge in [-0.3, -0.25) is 4.79 Å². The highest BCUT2D eigenvalue weighted by atomic mass is 35.5. The molecule has 1 aliphatic rings. The molecule has 0 saturated carbocycles. The minimum atomic E-state index is -0.00125. The van der Waals surface area contributed by atoms with Crippen LogP contribution in [0.15, 0.2) is 36.4 Å². The minimum Gasteiger partial charge on any atom is -0.493 e. The minimum absolute atomic E-state index is 0.00125. The van der Waals surface area contributed by atoms with Crippen LogP contribution in [0.5, 0.6) is 5.75 Å². The van der Waals surface area contributed by atoms with Crippen LogP contribution in [0.2, 0.25) is 5.02 Å². The second-order valence-electron chi connectivity index (χ2n) is 7.01. The van der Waals surface area contributed by atoms with Gasteiger partial charge in [-0.05, 0) is 67.8 Å². The lowest BCUT2D eigenvalue weighted by atomic mass is 10.1. The Hall–Kier alpha value is -2.24. The standard InChI is InChI=1S/C22H27ClN2O3/c1-16-15-19(25-9-12-27-13-10-25)6-7-20(16)24-22(26)4-3-11-28-21-8-5-18(23)14-17(21)2/h5-8,14-15H,3-4,9-13H2,1-2H3,(H,24,26). The van der Waals surface area contributed by atoms with Gasteiger partial charge in [-0.15, -0.1) is 0 Å². The molecule has 0 radical (unpaired) electrons. The predicted molar refractivity (Wildman–Crippen MR) is 114 cm³/mol. The third kappa shape index (κ3) is 5.63. The Morgan fingerprint density at radius 2 is 1.93 bits per heavy atom. The number of morpholine rings is 1. The molecule has 1 amide bonds. The van der Waals surface area contributed by atoms with Crippen molar-refractivity contribution in [1.29, 1.82) is 0 Å². The Bertz CT molecular complexity index is 819. The van der Waals surface area contributed by atoms with Gasteiger partial charge in [-0.1, -0.05) is 11.6 Å². The number of carbonyl (C=O) groups excluding carboxylic acids is 1. The fourth-order valence-corrected chi connectivity index (χ4v) is 3.44. The molecule has 3 rings (SSSR count). The first-order valence-corrected chi connectivity index (χ1v) is 10.0. The third-order valence-electron chi connectivity index (χ3n) is 4.80. The molecule has 0 aliphatic carbocycles. The average Bonchev–Trinajstić information content (AvgIpc) is 2.69. The molecule has 1 N–H and O–H groups in total. The Balaban J connectivity index is 1.45. The van der Waals surface area contributed by atoms with Gasteiger partial charge in [0.2, 0.25) is 5.91 Å². The number of aryl methyl sites for hydroxylation is 2. The van der Waals surface area contributed by atoms with E-state index in [0.29, 0.717) is 24.5 Å². The lowest BCUT2D eigenvalue weighted by Crippen LogP contribution is -2.36. The molecule has 0 unspecified atom stereocenters. The summed E-state index contributed by atoms with van der Waals surface area (Å²) in [6.07, 6.45) is 1.07. The third-order valence-corrected chi connectivity index (χ3v) is 5.04. The molecule has 2 aromatic carbocycles. The van der Waals surface area contributed by atoms with E-state index in [4.69, 9.17) is 21.1 Å². The normalized spacial score (nSPS) is 14.0. The molecule has 28 heavy (non-hydrogen) atoms. The molecule has 6 heteroatoms. The molecule has 2 aromatic rings. The summed E-state index contributed by atoms with van der Waals surface area (Å²) in [5.74, 6) is 0.804. The number of rotatable bonds is 7. The zero-order chi connectivity index (χ0) is 19.9. The van der Waals surface area contributed by atoms with Crippen molar-refractivity contribution in [3.63, 3.8) is 0 Å². The number of anilines is 2. The molecule has 1 heterocycles. The summed E-state index contributed by atoms with van der Waals surface area (Å²) in [5.41, 5.74) is 4.08. The maximum atomic E-state index is 12.3. The monoisotopic (exact) mass is 402 g/mol. The average molecular weight is 403 g/mol. The van der Waals surface area contributed by atoms with Crippen molar-refractivity contribution in [3.05, 3.63) is 52.5 Å². The molecular weight excluding hydrogens is 376 g/mol. The lowest BCUT2D eigenvalue weighted by Gasteiger charge is -2.29. The number of carbonyl (C=O) groups is 1. The van der Waals surface area contributed by atoms with Crippen LogP contribution in [0.25, 0.3) is 0 Å². The van der Waals surface area contributed by atoms with Gasteiger partial charge in [0.1, 0.15) is 5.75 Å². The first-order chi connectivity index (χ1) is 13.5. The van der Waals surface area contributed by atoms with Gasteiger partial charge in [-0.2, -0.15) is 0 Å². The van der Waals surface area contributed by atoms with Crippen molar-refractivity contribution in [2.24, 2.45) is 0 Å². The number of amides is 1. The Morgan fingerprint density at radius 1 is 1.14 bits per heavy atom. The molecule has 1 aliphatic heterocycles. The lowest BCUT2D eigenvalue weighted by molar-refractivity contribution is -0.116. The highest BCUT2D eigenvalue weighted by molar-refractivity contribution is 6.30. The van der Waals surface area contributed by atoms with Crippen molar-refractivity contribution < 1.29 is 14.3 Å². The van der Waals surface area contributed by atoms with E-state index in [0.717, 1.165) is 48.9 Å². The summed E-state index contributed by atoms with van der Waals surface area (Å²) in [6, 6.07) is 11.7. The maximum absolute atomic E-state index is 12.3. The number of hydrogen-bond donors (Lipinski definition) is 1. The molecule has 1 fully saturated rings. The van der Waals surface area contributed by atoms with Gasteiger partial charge < -0.3 is 19.7 Å². The molecule has 0 spiro atoms. The molecular formula is C22H27ClN2O3. The largest absolute Gasteiger partial charge is 0.493 e. The molecule has 5 nitrogen and oxygen atoms in total. The SMILES string of the molecule is Cc1cc(N2CCOCC2)ccc1NC(=O)CCCOc1ccc(Cl)cc1C. The van der Waals surface area contributed by atoms with Crippen LogP contribution in [-0.2, 0) is 9.53 Å². The summed E-state index contributed by atoms with van der Waals surface area (Å²) >= 11 is 5.95. The fraction of sp³-hybridized carbons (Fsp3) is 0.409. The van der Waals surface area contributed by atoms with Crippen molar-refractivity contribution in [2.45, 2.75) is 26.7 Å². The first kappa shape index (κ1) is 20.5. The topological polar surface area (TPSA) is 50.8 Å². The van der Waals surface area contributed by atoms with Gasteiger partial charge in [0, 0.05) is 35.9 Å². The van der Waals surface area contributed by atoms with Crippen LogP contribution in [0, 0.1) is 13.8 Å². The Morgan fingerprint density at radius 3 is 2.64 bits per heavy atom. The zero-order valence-corrected chi connectivity index (χ0v) is 17.2. The van der Waals surface area contributed by atoms with E-state index in [-0.39, 0.29) is 5.91 Å². The number of hydrogen-bond acceptors (Lipinski definition) is 4. The molecule has 0 aromatic heterocycles. The van der Waals surface area contributed by atoms with E-state index in [2.05, 4.69) is 22.3 Å². The fourth-order valence-electron chi connectivity index (χ4n) is 3.21. The van der Waals surface area contributed by atoms with Crippen LogP contribution >= 0.6 is 11.6 Å². The van der Waals surface area contributed by atoms with Gasteiger partial charge >= 0.3 is 0 Å². The highest BCUT2D eigenvalue weighted by Crippen LogP contribution is 2.24. The van der Waals surface area contributed by atoms with Gasteiger partial charge in [0.15, 0.2) is 0 Å². The Labute approximate surface area is 171 Å². The van der Waals surface area contributed by atoms with Crippen molar-refractivity contribution in [2.75, 3.05) is 43.1 Å². The summed E-state index contributed by atoms with van der Waals surface area (Å²) in [4.78, 5) is 14.6. The second kappa shape index (κ2) is 9.80. The quantitative estimate of drug-likeness (QED) is 0.688. The van der Waals surface area contributed by atoms with E-state index in [1.807, 2.05) is 32.0 Å². The summed E-state index contributed by atoms with van der Waals surface area (Å²) in [5, 5.41) is 3.70. The zero-order valence-electron chi connectivity index (χ0n) is 16.5. The van der Waals surface area contributed by atoms with Gasteiger partial charge in [0.05, 0.1) is 19.8 Å². The van der Waals surface area contributed by atoms with Crippen molar-refractivity contribution >= 4 is 28.9 Å². The van der Waals surface area contributed by atoms with Crippen LogP contribution in [-0.4, -0.2) is 38.8 Å². The van der Waals surface area contributed by atoms with Crippen LogP contribution in [0.1, 0.15) is 24.0 Å². The molecule has 1 saturated heterocycles. The number of nitrogens with one attached hydrogen (secondary N) is 1. The van der Waals surface area contributed by atoms with Gasteiger partial charge in [-0.25, -0.2) is 0 Å². The molecule has 0 atom stereocenters. The molecule has 150 valence electrons. The second-order valence-corrected chi connectivity index (χ2v) is 7.45. The van der Waals surface area contributed by atoms with E-state index >= 15 is 0 Å². The summed E-state index contributed by atoms with van der Waals surface area (Å²) in [7, 11) is 0. The van der Waals surface area contributed by atoms with E-state index in [9.17, 15) is 4.79 Å². The smallest absolute Gasteiger partial charge is 0.224 e. The highest BCUT2D eigenvalue weighted by Gasteiger charge is 2.13. The molecule has 0 bridgehead atoms. The van der Waals surface area contributed by atoms with Crippen LogP contribution < -0.4 is 15.0 Å². The van der Waals surface area contributed by atoms with Gasteiger partial charge in [0.25, 0.3) is 0 Å². The van der Waals surface area contributed by atoms with Crippen LogP contribution in [0.4, 0.5) is 11.4 Å². The predicted octanol–water partition coefficient (Wildman–Crippen LogP) is 4.59. The summed E-state index contributed by atoms with van der Waals surface area (Å²) in [6.45, 7) is 7.79. The van der Waals surface area contributed by atoms with E-state index in [1.165, 1.54) is 5.69 Å². The van der Waals surface area contributed by atoms with E-state index < -0.39 is 0 Å². The number of halogens is 1. The Kier molecular flexibility index (Phi) is 7.18. The maximum Gasteiger partial charge on any atom is 0.224 e. The van der Waals surface area contributed by atoms with Crippen molar-refractivity contribution in [3.8, 4) is 5.75 Å². The van der Waals surface area contributed by atoms with Crippen molar-refractivity contribution in [1.82, 2.24) is 0 Å².